The lowest BCUT2D eigenvalue weighted by atomic mass is 10.1. The maximum atomic E-state index is 12.5. The van der Waals surface area contributed by atoms with Crippen molar-refractivity contribution < 1.29 is 9.72 Å². The molecule has 1 fully saturated rings. The summed E-state index contributed by atoms with van der Waals surface area (Å²) in [6, 6.07) is 2.78. The van der Waals surface area contributed by atoms with Crippen LogP contribution >= 0.6 is 11.6 Å². The maximum Gasteiger partial charge on any atom is 0.294 e. The van der Waals surface area contributed by atoms with Crippen LogP contribution in [0.1, 0.15) is 30.1 Å². The molecule has 1 aliphatic rings. The van der Waals surface area contributed by atoms with E-state index in [1.807, 2.05) is 0 Å². The van der Waals surface area contributed by atoms with E-state index in [1.165, 1.54) is 12.1 Å². The monoisotopic (exact) mass is 311 g/mol. The standard InChI is InChI=1S/C14H18ClN3O3/c1-3-9-4-5-17(8-9)14(19)10-6-11(15)13(16-2)12(7-10)18(20)21/h6-7,9,16H,3-5,8H2,1-2H3. The highest BCUT2D eigenvalue weighted by atomic mass is 35.5. The van der Waals surface area contributed by atoms with Gasteiger partial charge in [0.15, 0.2) is 0 Å². The van der Waals surface area contributed by atoms with Crippen LogP contribution in [0.25, 0.3) is 0 Å². The zero-order chi connectivity index (χ0) is 15.6. The number of carbonyl (C=O) groups excluding carboxylic acids is 1. The first-order valence-corrected chi connectivity index (χ1v) is 7.30. The summed E-state index contributed by atoms with van der Waals surface area (Å²) in [6.45, 7) is 3.49. The second-order valence-electron chi connectivity index (χ2n) is 5.17. The van der Waals surface area contributed by atoms with Crippen LogP contribution in [-0.4, -0.2) is 35.9 Å². The van der Waals surface area contributed by atoms with Crippen molar-refractivity contribution in [2.75, 3.05) is 25.5 Å². The van der Waals surface area contributed by atoms with Gasteiger partial charge in [0.1, 0.15) is 5.69 Å². The zero-order valence-electron chi connectivity index (χ0n) is 12.1. The maximum absolute atomic E-state index is 12.5. The van der Waals surface area contributed by atoms with E-state index in [1.54, 1.807) is 11.9 Å². The van der Waals surface area contributed by atoms with Crippen LogP contribution in [-0.2, 0) is 0 Å². The summed E-state index contributed by atoms with van der Waals surface area (Å²) in [5, 5.41) is 14.0. The Balaban J connectivity index is 2.32. The molecule has 0 aromatic heterocycles. The molecule has 0 radical (unpaired) electrons. The number of benzene rings is 1. The summed E-state index contributed by atoms with van der Waals surface area (Å²) >= 11 is 6.05. The number of nitrogens with one attached hydrogen (secondary N) is 1. The number of nitro benzene ring substituents is 1. The Hall–Kier alpha value is -1.82. The number of anilines is 1. The molecule has 21 heavy (non-hydrogen) atoms. The normalized spacial score (nSPS) is 17.9. The molecule has 1 unspecified atom stereocenters. The highest BCUT2D eigenvalue weighted by Crippen LogP contribution is 2.34. The Bertz CT molecular complexity index is 577. The van der Waals surface area contributed by atoms with Gasteiger partial charge in [-0.1, -0.05) is 24.9 Å². The molecule has 1 saturated heterocycles. The number of hydrogen-bond acceptors (Lipinski definition) is 4. The molecule has 1 aromatic carbocycles. The quantitative estimate of drug-likeness (QED) is 0.684. The average Bonchev–Trinajstić information content (AvgIpc) is 2.94. The van der Waals surface area contributed by atoms with Crippen LogP contribution in [0.3, 0.4) is 0 Å². The Morgan fingerprint density at radius 1 is 1.57 bits per heavy atom. The van der Waals surface area contributed by atoms with Crippen LogP contribution < -0.4 is 5.32 Å². The van der Waals surface area contributed by atoms with Crippen molar-refractivity contribution in [3.8, 4) is 0 Å². The van der Waals surface area contributed by atoms with Crippen molar-refractivity contribution >= 4 is 28.9 Å². The molecule has 1 N–H and O–H groups in total. The first-order valence-electron chi connectivity index (χ1n) is 6.92. The van der Waals surface area contributed by atoms with Crippen LogP contribution in [0.15, 0.2) is 12.1 Å². The van der Waals surface area contributed by atoms with E-state index in [0.717, 1.165) is 12.8 Å². The van der Waals surface area contributed by atoms with Crippen molar-refractivity contribution in [1.82, 2.24) is 4.90 Å². The molecule has 0 aliphatic carbocycles. The van der Waals surface area contributed by atoms with E-state index < -0.39 is 4.92 Å². The molecule has 0 bridgehead atoms. The van der Waals surface area contributed by atoms with Gasteiger partial charge in [0.2, 0.25) is 0 Å². The number of likely N-dealkylation sites (tertiary alicyclic amines) is 1. The molecule has 2 rings (SSSR count). The minimum atomic E-state index is -0.534. The van der Waals surface area contributed by atoms with E-state index in [9.17, 15) is 14.9 Å². The fraction of sp³-hybridized carbons (Fsp3) is 0.500. The fourth-order valence-electron chi connectivity index (χ4n) is 2.64. The lowest BCUT2D eigenvalue weighted by molar-refractivity contribution is -0.384. The van der Waals surface area contributed by atoms with Gasteiger partial charge in [0, 0.05) is 31.8 Å². The van der Waals surface area contributed by atoms with Gasteiger partial charge in [-0.05, 0) is 18.4 Å². The van der Waals surface area contributed by atoms with Crippen LogP contribution in [0, 0.1) is 16.0 Å². The van der Waals surface area contributed by atoms with E-state index in [-0.39, 0.29) is 27.9 Å². The molecule has 0 saturated carbocycles. The third-order valence-electron chi connectivity index (χ3n) is 3.91. The molecule has 0 spiro atoms. The summed E-state index contributed by atoms with van der Waals surface area (Å²) in [6.07, 6.45) is 2.01. The topological polar surface area (TPSA) is 75.5 Å². The third-order valence-corrected chi connectivity index (χ3v) is 4.21. The van der Waals surface area contributed by atoms with E-state index in [2.05, 4.69) is 12.2 Å². The minimum absolute atomic E-state index is 0.181. The smallest absolute Gasteiger partial charge is 0.294 e. The summed E-state index contributed by atoms with van der Waals surface area (Å²) in [5.41, 5.74) is 0.313. The van der Waals surface area contributed by atoms with Crippen molar-refractivity contribution in [1.29, 1.82) is 0 Å². The SMILES string of the molecule is CCC1CCN(C(=O)c2cc(Cl)c(NC)c([N+](=O)[O-])c2)C1. The predicted octanol–water partition coefficient (Wildman–Crippen LogP) is 3.16. The van der Waals surface area contributed by atoms with Crippen molar-refractivity contribution in [3.63, 3.8) is 0 Å². The van der Waals surface area contributed by atoms with Gasteiger partial charge in [-0.15, -0.1) is 0 Å². The van der Waals surface area contributed by atoms with Gasteiger partial charge in [-0.2, -0.15) is 0 Å². The molecule has 1 aromatic rings. The van der Waals surface area contributed by atoms with E-state index in [0.29, 0.717) is 19.0 Å². The molecular formula is C14H18ClN3O3. The second kappa shape index (κ2) is 6.30. The van der Waals surface area contributed by atoms with Crippen LogP contribution in [0.2, 0.25) is 5.02 Å². The van der Waals surface area contributed by atoms with Crippen molar-refractivity contribution in [2.24, 2.45) is 5.92 Å². The Labute approximate surface area is 128 Å². The highest BCUT2D eigenvalue weighted by molar-refractivity contribution is 6.34. The van der Waals surface area contributed by atoms with Gasteiger partial charge in [-0.3, -0.25) is 14.9 Å². The minimum Gasteiger partial charge on any atom is -0.381 e. The molecule has 114 valence electrons. The molecular weight excluding hydrogens is 294 g/mol. The summed E-state index contributed by atoms with van der Waals surface area (Å²) in [7, 11) is 1.56. The number of hydrogen-bond donors (Lipinski definition) is 1. The van der Waals surface area contributed by atoms with E-state index >= 15 is 0 Å². The number of halogens is 1. The third kappa shape index (κ3) is 3.10. The predicted molar refractivity (Wildman–Crippen MR) is 82.0 cm³/mol. The van der Waals surface area contributed by atoms with E-state index in [4.69, 9.17) is 11.6 Å². The fourth-order valence-corrected chi connectivity index (χ4v) is 2.95. The first kappa shape index (κ1) is 15.6. The summed E-state index contributed by atoms with van der Waals surface area (Å²) in [5.74, 6) is 0.314. The van der Waals surface area contributed by atoms with Gasteiger partial charge in [0.25, 0.3) is 11.6 Å². The van der Waals surface area contributed by atoms with Crippen molar-refractivity contribution in [3.05, 3.63) is 32.8 Å². The number of nitro groups is 1. The molecule has 1 amide bonds. The van der Waals surface area contributed by atoms with Gasteiger partial charge in [-0.25, -0.2) is 0 Å². The van der Waals surface area contributed by atoms with Gasteiger partial charge >= 0.3 is 0 Å². The van der Waals surface area contributed by atoms with Gasteiger partial charge < -0.3 is 10.2 Å². The summed E-state index contributed by atoms with van der Waals surface area (Å²) in [4.78, 5) is 24.8. The number of rotatable bonds is 4. The lowest BCUT2D eigenvalue weighted by Gasteiger charge is -2.17. The number of amides is 1. The molecule has 7 heteroatoms. The first-order chi connectivity index (χ1) is 9.97. The largest absolute Gasteiger partial charge is 0.381 e. The number of nitrogens with zero attached hydrogens (tertiary/aromatic N) is 2. The molecule has 1 atom stereocenters. The van der Waals surface area contributed by atoms with Crippen LogP contribution in [0.4, 0.5) is 11.4 Å². The highest BCUT2D eigenvalue weighted by Gasteiger charge is 2.28. The van der Waals surface area contributed by atoms with Crippen LogP contribution in [0.5, 0.6) is 0 Å². The second-order valence-corrected chi connectivity index (χ2v) is 5.58. The molecule has 1 heterocycles. The Morgan fingerprint density at radius 2 is 2.29 bits per heavy atom. The number of carbonyl (C=O) groups is 1. The Morgan fingerprint density at radius 3 is 2.81 bits per heavy atom. The zero-order valence-corrected chi connectivity index (χ0v) is 12.8. The lowest BCUT2D eigenvalue weighted by Crippen LogP contribution is -2.28. The summed E-state index contributed by atoms with van der Waals surface area (Å²) < 4.78 is 0. The molecule has 6 nitrogen and oxygen atoms in total. The van der Waals surface area contributed by atoms with Gasteiger partial charge in [0.05, 0.1) is 9.95 Å². The van der Waals surface area contributed by atoms with Crippen molar-refractivity contribution in [2.45, 2.75) is 19.8 Å². The average molecular weight is 312 g/mol. The molecule has 1 aliphatic heterocycles. The Kier molecular flexibility index (Phi) is 4.67.